The first-order valence-electron chi connectivity index (χ1n) is 5.14. The lowest BCUT2D eigenvalue weighted by Crippen LogP contribution is -2.27. The molecule has 2 rings (SSSR count). The molecule has 0 bridgehead atoms. The van der Waals surface area contributed by atoms with Gasteiger partial charge in [0.2, 0.25) is 0 Å². The zero-order valence-electron chi connectivity index (χ0n) is 8.51. The summed E-state index contributed by atoms with van der Waals surface area (Å²) in [7, 11) is 0. The monoisotopic (exact) mass is 178 g/mol. The molecule has 0 fully saturated rings. The highest BCUT2D eigenvalue weighted by molar-refractivity contribution is 5.20. The second-order valence-electron chi connectivity index (χ2n) is 4.31. The van der Waals surface area contributed by atoms with E-state index in [0.29, 0.717) is 0 Å². The first-order chi connectivity index (χ1) is 6.25. The maximum absolute atomic E-state index is 3.39. The van der Waals surface area contributed by atoms with Gasteiger partial charge in [-0.3, -0.25) is 0 Å². The average Bonchev–Trinajstić information content (AvgIpc) is 2.44. The van der Waals surface area contributed by atoms with Gasteiger partial charge in [-0.25, -0.2) is 0 Å². The lowest BCUT2D eigenvalue weighted by Gasteiger charge is -2.15. The molecular weight excluding hydrogens is 160 g/mol. The second kappa shape index (κ2) is 3.54. The zero-order valence-corrected chi connectivity index (χ0v) is 8.51. The number of aromatic nitrogens is 1. The van der Waals surface area contributed by atoms with Gasteiger partial charge in [0.1, 0.15) is 0 Å². The van der Waals surface area contributed by atoms with E-state index in [0.717, 1.165) is 25.6 Å². The molecule has 0 aromatic carbocycles. The Morgan fingerprint density at radius 2 is 2.38 bits per heavy atom. The number of rotatable bonds is 2. The van der Waals surface area contributed by atoms with E-state index in [9.17, 15) is 0 Å². The number of hydrogen-bond donors (Lipinski definition) is 1. The van der Waals surface area contributed by atoms with Crippen molar-refractivity contribution in [3.8, 4) is 0 Å². The van der Waals surface area contributed by atoms with Crippen molar-refractivity contribution in [1.82, 2.24) is 9.88 Å². The van der Waals surface area contributed by atoms with E-state index in [1.54, 1.807) is 0 Å². The summed E-state index contributed by atoms with van der Waals surface area (Å²) in [6, 6.07) is 2.34. The highest BCUT2D eigenvalue weighted by Crippen LogP contribution is 2.14. The summed E-state index contributed by atoms with van der Waals surface area (Å²) >= 11 is 0. The Balaban J connectivity index is 2.15. The van der Waals surface area contributed by atoms with Crippen LogP contribution in [0.2, 0.25) is 0 Å². The predicted octanol–water partition coefficient (Wildman–Crippen LogP) is 1.79. The summed E-state index contributed by atoms with van der Waals surface area (Å²) in [5.41, 5.74) is 2.94. The Kier molecular flexibility index (Phi) is 2.40. The van der Waals surface area contributed by atoms with Gasteiger partial charge in [-0.1, -0.05) is 13.8 Å². The summed E-state index contributed by atoms with van der Waals surface area (Å²) in [5, 5.41) is 3.39. The van der Waals surface area contributed by atoms with Crippen molar-refractivity contribution >= 4 is 0 Å². The minimum absolute atomic E-state index is 0.761. The third-order valence-electron chi connectivity index (χ3n) is 2.52. The molecule has 0 saturated carbocycles. The van der Waals surface area contributed by atoms with Crippen LogP contribution in [0.3, 0.4) is 0 Å². The molecule has 2 heterocycles. The van der Waals surface area contributed by atoms with E-state index >= 15 is 0 Å². The van der Waals surface area contributed by atoms with Crippen LogP contribution in [-0.2, 0) is 19.5 Å². The van der Waals surface area contributed by atoms with Crippen molar-refractivity contribution in [2.24, 2.45) is 5.92 Å². The van der Waals surface area contributed by atoms with Crippen LogP contribution in [0.4, 0.5) is 0 Å². The smallest absolute Gasteiger partial charge is 0.0360 e. The van der Waals surface area contributed by atoms with Crippen LogP contribution in [-0.4, -0.2) is 11.1 Å². The van der Waals surface area contributed by atoms with E-state index in [-0.39, 0.29) is 0 Å². The molecule has 0 amide bonds. The van der Waals surface area contributed by atoms with Gasteiger partial charge >= 0.3 is 0 Å². The Hall–Kier alpha value is -0.760. The predicted molar refractivity (Wildman–Crippen MR) is 54.7 cm³/mol. The molecule has 0 spiro atoms. The Morgan fingerprint density at radius 3 is 3.08 bits per heavy atom. The molecule has 72 valence electrons. The first kappa shape index (κ1) is 8.82. The van der Waals surface area contributed by atoms with Gasteiger partial charge in [-0.05, 0) is 24.0 Å². The highest BCUT2D eigenvalue weighted by atomic mass is 15.1. The molecule has 0 atom stereocenters. The summed E-state index contributed by atoms with van der Waals surface area (Å²) in [5.74, 6) is 0.761. The maximum atomic E-state index is 3.39. The van der Waals surface area contributed by atoms with Crippen molar-refractivity contribution in [3.05, 3.63) is 23.5 Å². The average molecular weight is 178 g/mol. The summed E-state index contributed by atoms with van der Waals surface area (Å²) < 4.78 is 2.38. The topological polar surface area (TPSA) is 17.0 Å². The van der Waals surface area contributed by atoms with Crippen molar-refractivity contribution in [2.45, 2.75) is 33.4 Å². The highest BCUT2D eigenvalue weighted by Gasteiger charge is 2.09. The standard InChI is InChI=1S/C11H18N2/c1-9(2)5-10-6-11-7-12-3-4-13(11)8-10/h6,8-9,12H,3-5,7H2,1-2H3. The quantitative estimate of drug-likeness (QED) is 0.730. The van der Waals surface area contributed by atoms with Crippen LogP contribution in [0.5, 0.6) is 0 Å². The van der Waals surface area contributed by atoms with Crippen molar-refractivity contribution in [3.63, 3.8) is 0 Å². The fraction of sp³-hybridized carbons (Fsp3) is 0.636. The van der Waals surface area contributed by atoms with Crippen LogP contribution in [0.1, 0.15) is 25.1 Å². The van der Waals surface area contributed by atoms with Crippen LogP contribution in [0, 0.1) is 5.92 Å². The molecule has 1 N–H and O–H groups in total. The number of nitrogens with zero attached hydrogens (tertiary/aromatic N) is 1. The molecule has 2 heteroatoms. The summed E-state index contributed by atoms with van der Waals surface area (Å²) in [4.78, 5) is 0. The van der Waals surface area contributed by atoms with Gasteiger partial charge in [0, 0.05) is 31.5 Å². The largest absolute Gasteiger partial charge is 0.349 e. The fourth-order valence-corrected chi connectivity index (χ4v) is 1.98. The third kappa shape index (κ3) is 1.94. The van der Waals surface area contributed by atoms with Crippen LogP contribution >= 0.6 is 0 Å². The van der Waals surface area contributed by atoms with Gasteiger partial charge in [-0.2, -0.15) is 0 Å². The lowest BCUT2D eigenvalue weighted by molar-refractivity contribution is 0.516. The Morgan fingerprint density at radius 1 is 1.54 bits per heavy atom. The molecule has 0 saturated heterocycles. The summed E-state index contributed by atoms with van der Waals surface area (Å²) in [6.07, 6.45) is 3.52. The van der Waals surface area contributed by atoms with E-state index in [1.165, 1.54) is 17.7 Å². The van der Waals surface area contributed by atoms with Gasteiger partial charge in [-0.15, -0.1) is 0 Å². The molecule has 0 radical (unpaired) electrons. The molecule has 1 aromatic rings. The Bertz CT molecular complexity index is 263. The molecule has 1 aliphatic heterocycles. The van der Waals surface area contributed by atoms with Crippen LogP contribution < -0.4 is 5.32 Å². The maximum Gasteiger partial charge on any atom is 0.0360 e. The van der Waals surface area contributed by atoms with Crippen molar-refractivity contribution in [1.29, 1.82) is 0 Å². The zero-order chi connectivity index (χ0) is 9.26. The van der Waals surface area contributed by atoms with E-state index in [4.69, 9.17) is 0 Å². The van der Waals surface area contributed by atoms with Gasteiger partial charge in [0.15, 0.2) is 0 Å². The first-order valence-corrected chi connectivity index (χ1v) is 5.14. The number of hydrogen-bond acceptors (Lipinski definition) is 1. The SMILES string of the molecule is CC(C)Cc1cc2n(c1)CCNC2. The van der Waals surface area contributed by atoms with Gasteiger partial charge in [0.25, 0.3) is 0 Å². The lowest BCUT2D eigenvalue weighted by atomic mass is 10.1. The fourth-order valence-electron chi connectivity index (χ4n) is 1.98. The normalized spacial score (nSPS) is 16.2. The molecule has 1 aliphatic rings. The minimum Gasteiger partial charge on any atom is -0.349 e. The second-order valence-corrected chi connectivity index (χ2v) is 4.31. The van der Waals surface area contributed by atoms with Crippen LogP contribution in [0.25, 0.3) is 0 Å². The van der Waals surface area contributed by atoms with E-state index in [2.05, 4.69) is 36.0 Å². The van der Waals surface area contributed by atoms with Crippen molar-refractivity contribution < 1.29 is 0 Å². The molecule has 2 nitrogen and oxygen atoms in total. The number of fused-ring (bicyclic) bond motifs is 1. The minimum atomic E-state index is 0.761. The van der Waals surface area contributed by atoms with Gasteiger partial charge in [0.05, 0.1) is 0 Å². The van der Waals surface area contributed by atoms with E-state index < -0.39 is 0 Å². The van der Waals surface area contributed by atoms with Gasteiger partial charge < -0.3 is 9.88 Å². The summed E-state index contributed by atoms with van der Waals surface area (Å²) in [6.45, 7) is 7.83. The molecule has 0 unspecified atom stereocenters. The third-order valence-corrected chi connectivity index (χ3v) is 2.52. The van der Waals surface area contributed by atoms with Crippen LogP contribution in [0.15, 0.2) is 12.3 Å². The molecule has 13 heavy (non-hydrogen) atoms. The molecular formula is C11H18N2. The molecule has 1 aromatic heterocycles. The van der Waals surface area contributed by atoms with E-state index in [1.807, 2.05) is 0 Å². The molecule has 0 aliphatic carbocycles. The van der Waals surface area contributed by atoms with Crippen molar-refractivity contribution in [2.75, 3.05) is 6.54 Å². The number of nitrogens with one attached hydrogen (secondary N) is 1. The Labute approximate surface area is 79.9 Å².